The Morgan fingerprint density at radius 2 is 1.83 bits per heavy atom. The van der Waals surface area contributed by atoms with E-state index in [1.165, 1.54) is 7.11 Å². The fourth-order valence-corrected chi connectivity index (χ4v) is 1.83. The highest BCUT2D eigenvalue weighted by molar-refractivity contribution is 5.75. The Morgan fingerprint density at radius 3 is 2.33 bits per heavy atom. The summed E-state index contributed by atoms with van der Waals surface area (Å²) in [5, 5.41) is 0. The quantitative estimate of drug-likeness (QED) is 0.407. The molecule has 0 amide bonds. The van der Waals surface area contributed by atoms with Crippen LogP contribution in [-0.2, 0) is 14.3 Å². The second-order valence-corrected chi connectivity index (χ2v) is 5.89. The first kappa shape index (κ1) is 19.7. The van der Waals surface area contributed by atoms with Gasteiger partial charge in [0.1, 0.15) is 6.10 Å². The fourth-order valence-electron chi connectivity index (χ4n) is 1.83. The standard InChI is InChI=1S/C19H26O5/c1-7-13(5)19(21)23-15(8-2)14-9-10-16(17(11-14)22-6)24-18(20)12(3)4/h8-13,15H,2,7H2,1,3-6H3/t13-,15-/m1/s1. The summed E-state index contributed by atoms with van der Waals surface area (Å²) < 4.78 is 16.1. The summed E-state index contributed by atoms with van der Waals surface area (Å²) in [6.07, 6.45) is 1.67. The first-order valence-corrected chi connectivity index (χ1v) is 8.06. The number of hydrogen-bond donors (Lipinski definition) is 0. The summed E-state index contributed by atoms with van der Waals surface area (Å²) in [4.78, 5) is 23.7. The second kappa shape index (κ2) is 9.11. The third-order valence-electron chi connectivity index (χ3n) is 3.67. The molecule has 1 rings (SSSR count). The van der Waals surface area contributed by atoms with Gasteiger partial charge in [0.2, 0.25) is 0 Å². The van der Waals surface area contributed by atoms with E-state index >= 15 is 0 Å². The number of benzene rings is 1. The molecule has 132 valence electrons. The summed E-state index contributed by atoms with van der Waals surface area (Å²) in [5.41, 5.74) is 0.697. The molecule has 0 heterocycles. The molecule has 0 saturated heterocycles. The van der Waals surface area contributed by atoms with Gasteiger partial charge < -0.3 is 14.2 Å². The SMILES string of the molecule is C=C[C@@H](OC(=O)[C@H](C)CC)c1ccc(OC(=O)C(C)C)c(OC)c1. The Labute approximate surface area is 143 Å². The van der Waals surface area contributed by atoms with Gasteiger partial charge in [0, 0.05) is 5.56 Å². The van der Waals surface area contributed by atoms with Crippen LogP contribution in [0.15, 0.2) is 30.9 Å². The lowest BCUT2D eigenvalue weighted by atomic mass is 10.1. The van der Waals surface area contributed by atoms with E-state index in [-0.39, 0.29) is 23.8 Å². The van der Waals surface area contributed by atoms with E-state index in [0.717, 1.165) is 0 Å². The molecular weight excluding hydrogens is 308 g/mol. The second-order valence-electron chi connectivity index (χ2n) is 5.89. The molecule has 0 bridgehead atoms. The Kier molecular flexibility index (Phi) is 7.49. The van der Waals surface area contributed by atoms with E-state index in [4.69, 9.17) is 14.2 Å². The zero-order chi connectivity index (χ0) is 18.3. The van der Waals surface area contributed by atoms with Crippen molar-refractivity contribution in [1.29, 1.82) is 0 Å². The Bertz CT molecular complexity index is 591. The maximum Gasteiger partial charge on any atom is 0.313 e. The van der Waals surface area contributed by atoms with Gasteiger partial charge in [-0.2, -0.15) is 0 Å². The van der Waals surface area contributed by atoms with Crippen LogP contribution >= 0.6 is 0 Å². The van der Waals surface area contributed by atoms with Gasteiger partial charge >= 0.3 is 11.9 Å². The maximum absolute atomic E-state index is 12.0. The van der Waals surface area contributed by atoms with Crippen molar-refractivity contribution in [3.8, 4) is 11.5 Å². The molecule has 0 fully saturated rings. The minimum atomic E-state index is -0.588. The normalized spacial score (nSPS) is 13.1. The predicted octanol–water partition coefficient (Wildman–Crippen LogP) is 4.07. The van der Waals surface area contributed by atoms with Crippen molar-refractivity contribution in [3.05, 3.63) is 36.4 Å². The van der Waals surface area contributed by atoms with Crippen LogP contribution in [0, 0.1) is 11.8 Å². The van der Waals surface area contributed by atoms with Crippen molar-refractivity contribution in [1.82, 2.24) is 0 Å². The first-order valence-electron chi connectivity index (χ1n) is 8.06. The van der Waals surface area contributed by atoms with Gasteiger partial charge in [0.25, 0.3) is 0 Å². The molecule has 1 aromatic rings. The minimum absolute atomic E-state index is 0.180. The van der Waals surface area contributed by atoms with Crippen molar-refractivity contribution >= 4 is 11.9 Å². The number of ether oxygens (including phenoxy) is 3. The number of rotatable bonds is 8. The summed E-state index contributed by atoms with van der Waals surface area (Å²) in [7, 11) is 1.49. The lowest BCUT2D eigenvalue weighted by molar-refractivity contribution is -0.151. The Morgan fingerprint density at radius 1 is 1.17 bits per heavy atom. The molecule has 1 aromatic carbocycles. The molecule has 0 N–H and O–H groups in total. The van der Waals surface area contributed by atoms with Gasteiger partial charge in [-0.05, 0) is 24.6 Å². The Balaban J connectivity index is 3.01. The largest absolute Gasteiger partial charge is 0.493 e. The van der Waals surface area contributed by atoms with Crippen LogP contribution in [0.2, 0.25) is 0 Å². The highest BCUT2D eigenvalue weighted by Gasteiger charge is 2.20. The van der Waals surface area contributed by atoms with E-state index in [9.17, 15) is 9.59 Å². The average molecular weight is 334 g/mol. The smallest absolute Gasteiger partial charge is 0.313 e. The molecular formula is C19H26O5. The van der Waals surface area contributed by atoms with E-state index in [2.05, 4.69) is 6.58 Å². The molecule has 0 radical (unpaired) electrons. The van der Waals surface area contributed by atoms with Crippen molar-refractivity contribution in [2.45, 2.75) is 40.2 Å². The zero-order valence-electron chi connectivity index (χ0n) is 15.0. The van der Waals surface area contributed by atoms with Crippen LogP contribution in [0.5, 0.6) is 11.5 Å². The van der Waals surface area contributed by atoms with Crippen molar-refractivity contribution in [3.63, 3.8) is 0 Å². The van der Waals surface area contributed by atoms with Gasteiger partial charge in [0.15, 0.2) is 11.5 Å². The van der Waals surface area contributed by atoms with Crippen LogP contribution in [0.3, 0.4) is 0 Å². The zero-order valence-corrected chi connectivity index (χ0v) is 15.0. The van der Waals surface area contributed by atoms with Crippen LogP contribution < -0.4 is 9.47 Å². The van der Waals surface area contributed by atoms with E-state index in [0.29, 0.717) is 23.5 Å². The molecule has 0 aliphatic carbocycles. The third-order valence-corrected chi connectivity index (χ3v) is 3.67. The van der Waals surface area contributed by atoms with E-state index < -0.39 is 6.10 Å². The lowest BCUT2D eigenvalue weighted by Crippen LogP contribution is -2.17. The molecule has 5 nitrogen and oxygen atoms in total. The molecule has 2 atom stereocenters. The number of hydrogen-bond acceptors (Lipinski definition) is 5. The topological polar surface area (TPSA) is 61.8 Å². The summed E-state index contributed by atoms with van der Waals surface area (Å²) in [6, 6.07) is 5.03. The van der Waals surface area contributed by atoms with Crippen LogP contribution in [0.25, 0.3) is 0 Å². The minimum Gasteiger partial charge on any atom is -0.493 e. The molecule has 0 aliphatic heterocycles. The van der Waals surface area contributed by atoms with E-state index in [1.807, 2.05) is 13.8 Å². The summed E-state index contributed by atoms with van der Waals surface area (Å²) in [5.74, 6) is -0.322. The molecule has 0 unspecified atom stereocenters. The number of carbonyl (C=O) groups excluding carboxylic acids is 2. The number of esters is 2. The van der Waals surface area contributed by atoms with Gasteiger partial charge in [-0.1, -0.05) is 40.3 Å². The number of methoxy groups -OCH3 is 1. The summed E-state index contributed by atoms with van der Waals surface area (Å²) >= 11 is 0. The highest BCUT2D eigenvalue weighted by atomic mass is 16.6. The third kappa shape index (κ3) is 5.11. The predicted molar refractivity (Wildman–Crippen MR) is 92.0 cm³/mol. The number of carbonyl (C=O) groups is 2. The average Bonchev–Trinajstić information content (AvgIpc) is 2.58. The van der Waals surface area contributed by atoms with E-state index in [1.54, 1.807) is 38.1 Å². The van der Waals surface area contributed by atoms with Crippen molar-refractivity contribution in [2.75, 3.05) is 7.11 Å². The fraction of sp³-hybridized carbons (Fsp3) is 0.474. The molecule has 24 heavy (non-hydrogen) atoms. The first-order chi connectivity index (χ1) is 11.3. The molecule has 0 aromatic heterocycles. The van der Waals surface area contributed by atoms with Crippen LogP contribution in [0.4, 0.5) is 0 Å². The maximum atomic E-state index is 12.0. The lowest BCUT2D eigenvalue weighted by Gasteiger charge is -2.18. The highest BCUT2D eigenvalue weighted by Crippen LogP contribution is 2.32. The monoisotopic (exact) mass is 334 g/mol. The van der Waals surface area contributed by atoms with Gasteiger partial charge in [-0.3, -0.25) is 9.59 Å². The van der Waals surface area contributed by atoms with Crippen LogP contribution in [0.1, 0.15) is 45.8 Å². The van der Waals surface area contributed by atoms with Crippen molar-refractivity contribution in [2.24, 2.45) is 11.8 Å². The Hall–Kier alpha value is -2.30. The van der Waals surface area contributed by atoms with Gasteiger partial charge in [-0.15, -0.1) is 0 Å². The molecule has 0 aliphatic rings. The molecule has 0 saturated carbocycles. The van der Waals surface area contributed by atoms with Crippen molar-refractivity contribution < 1.29 is 23.8 Å². The van der Waals surface area contributed by atoms with Gasteiger partial charge in [0.05, 0.1) is 18.9 Å². The molecule has 0 spiro atoms. The summed E-state index contributed by atoms with van der Waals surface area (Å²) in [6.45, 7) is 11.0. The van der Waals surface area contributed by atoms with Gasteiger partial charge in [-0.25, -0.2) is 0 Å². The van der Waals surface area contributed by atoms with Crippen LogP contribution in [-0.4, -0.2) is 19.0 Å². The molecule has 5 heteroatoms.